The molecule has 0 bridgehead atoms. The highest BCUT2D eigenvalue weighted by Crippen LogP contribution is 2.29. The molecular weight excluding hydrogens is 513 g/mol. The smallest absolute Gasteiger partial charge is 0.262 e. The molecule has 7 nitrogen and oxygen atoms in total. The van der Waals surface area contributed by atoms with Crippen molar-refractivity contribution in [2.24, 2.45) is 11.0 Å². The Morgan fingerprint density at radius 3 is 2.35 bits per heavy atom. The number of nitrogens with one attached hydrogen (secondary N) is 2. The van der Waals surface area contributed by atoms with Gasteiger partial charge in [0.25, 0.3) is 11.8 Å². The van der Waals surface area contributed by atoms with Crippen LogP contribution in [0.5, 0.6) is 11.5 Å². The van der Waals surface area contributed by atoms with E-state index >= 15 is 0 Å². The molecule has 9 heteroatoms. The number of hydrazone groups is 1. The number of hydrogen-bond acceptors (Lipinski definition) is 5. The maximum absolute atomic E-state index is 12.9. The summed E-state index contributed by atoms with van der Waals surface area (Å²) in [5.74, 6) is 0.386. The van der Waals surface area contributed by atoms with E-state index in [2.05, 4.69) is 15.8 Å². The van der Waals surface area contributed by atoms with Gasteiger partial charge in [-0.15, -0.1) is 0 Å². The van der Waals surface area contributed by atoms with Crippen molar-refractivity contribution in [3.63, 3.8) is 0 Å². The Labute approximate surface area is 227 Å². The molecule has 3 aromatic rings. The third-order valence-corrected chi connectivity index (χ3v) is 6.03. The number of fused-ring (bicyclic) bond motifs is 1. The van der Waals surface area contributed by atoms with Gasteiger partial charge in [-0.2, -0.15) is 5.10 Å². The van der Waals surface area contributed by atoms with Gasteiger partial charge >= 0.3 is 0 Å². The first-order chi connectivity index (χ1) is 17.7. The Morgan fingerprint density at radius 2 is 1.68 bits per heavy atom. The summed E-state index contributed by atoms with van der Waals surface area (Å²) in [6, 6.07) is 15.5. The Hall–Kier alpha value is -3.29. The van der Waals surface area contributed by atoms with Crippen LogP contribution in [0.25, 0.3) is 10.8 Å². The zero-order valence-electron chi connectivity index (χ0n) is 21.3. The Morgan fingerprint density at radius 1 is 0.973 bits per heavy atom. The average Bonchev–Trinajstić information content (AvgIpc) is 2.86. The highest BCUT2D eigenvalue weighted by atomic mass is 35.5. The summed E-state index contributed by atoms with van der Waals surface area (Å²) in [6.07, 6.45) is 1.12. The molecule has 0 aromatic heterocycles. The number of ether oxygens (including phenoxy) is 2. The van der Waals surface area contributed by atoms with Crippen LogP contribution in [0.3, 0.4) is 0 Å². The first-order valence-corrected chi connectivity index (χ1v) is 12.8. The van der Waals surface area contributed by atoms with Crippen LogP contribution in [0.4, 0.5) is 0 Å². The Bertz CT molecular complexity index is 1280. The summed E-state index contributed by atoms with van der Waals surface area (Å²) in [5, 5.41) is 9.58. The van der Waals surface area contributed by atoms with E-state index in [9.17, 15) is 9.59 Å². The topological polar surface area (TPSA) is 89.0 Å². The van der Waals surface area contributed by atoms with Gasteiger partial charge in [-0.05, 0) is 61.9 Å². The Balaban J connectivity index is 1.68. The number of halogens is 2. The van der Waals surface area contributed by atoms with Gasteiger partial charge in [-0.1, -0.05) is 61.3 Å². The minimum Gasteiger partial charge on any atom is -0.493 e. The van der Waals surface area contributed by atoms with Gasteiger partial charge in [0, 0.05) is 16.0 Å². The fraction of sp³-hybridized carbons (Fsp3) is 0.321. The molecule has 0 radical (unpaired) electrons. The van der Waals surface area contributed by atoms with Gasteiger partial charge in [0.1, 0.15) is 17.5 Å². The summed E-state index contributed by atoms with van der Waals surface area (Å²) in [6.45, 7) is 8.02. The van der Waals surface area contributed by atoms with E-state index in [1.165, 1.54) is 6.07 Å². The molecule has 2 amide bonds. The van der Waals surface area contributed by atoms with E-state index in [4.69, 9.17) is 32.7 Å². The monoisotopic (exact) mass is 543 g/mol. The van der Waals surface area contributed by atoms with Crippen LogP contribution in [0.15, 0.2) is 59.7 Å². The molecule has 196 valence electrons. The van der Waals surface area contributed by atoms with E-state index in [1.54, 1.807) is 25.3 Å². The molecule has 2 atom stereocenters. The molecule has 0 fully saturated rings. The number of carbonyl (C=O) groups is 2. The predicted molar refractivity (Wildman–Crippen MR) is 149 cm³/mol. The number of hydrogen-bond donors (Lipinski definition) is 2. The second-order valence-electron chi connectivity index (χ2n) is 8.89. The van der Waals surface area contributed by atoms with Crippen molar-refractivity contribution in [3.05, 3.63) is 70.2 Å². The highest BCUT2D eigenvalue weighted by Gasteiger charge is 2.25. The van der Waals surface area contributed by atoms with Crippen LogP contribution in [-0.4, -0.2) is 36.8 Å². The molecule has 0 aliphatic carbocycles. The van der Waals surface area contributed by atoms with Gasteiger partial charge in [-0.25, -0.2) is 5.43 Å². The SMILES string of the molecule is CCOc1ccc(/C=N\NC(=O)[C@H](CC(C)C)NC(=O)[C@@H](C)Oc2ccc(Cl)cc2Cl)c2ccccc12. The zero-order valence-corrected chi connectivity index (χ0v) is 22.8. The Kier molecular flexibility index (Phi) is 10.2. The molecule has 3 rings (SSSR count). The second-order valence-corrected chi connectivity index (χ2v) is 9.73. The molecular formula is C28H31Cl2N3O4. The van der Waals surface area contributed by atoms with Crippen molar-refractivity contribution in [3.8, 4) is 11.5 Å². The van der Waals surface area contributed by atoms with E-state index in [0.29, 0.717) is 28.8 Å². The van der Waals surface area contributed by atoms with Gasteiger partial charge in [0.05, 0.1) is 17.8 Å². The van der Waals surface area contributed by atoms with Crippen LogP contribution >= 0.6 is 23.2 Å². The molecule has 0 unspecified atom stereocenters. The third-order valence-electron chi connectivity index (χ3n) is 5.50. The van der Waals surface area contributed by atoms with Crippen LogP contribution in [0, 0.1) is 5.92 Å². The molecule has 0 spiro atoms. The van der Waals surface area contributed by atoms with Gasteiger partial charge in [-0.3, -0.25) is 9.59 Å². The van der Waals surface area contributed by atoms with Crippen LogP contribution in [0.1, 0.15) is 39.7 Å². The lowest BCUT2D eigenvalue weighted by Crippen LogP contribution is -2.49. The summed E-state index contributed by atoms with van der Waals surface area (Å²) in [4.78, 5) is 25.8. The largest absolute Gasteiger partial charge is 0.493 e. The van der Waals surface area contributed by atoms with Crippen molar-refractivity contribution < 1.29 is 19.1 Å². The standard InChI is InChI=1S/C28H31Cl2N3O4/c1-5-36-25-12-10-19(21-8-6-7-9-22(21)25)16-31-33-28(35)24(14-17(2)3)32-27(34)18(4)37-26-13-11-20(29)15-23(26)30/h6-13,15-18,24H,5,14H2,1-4H3,(H,32,34)(H,33,35)/b31-16-/t18-,24+/m1/s1. The minimum atomic E-state index is -0.889. The second kappa shape index (κ2) is 13.3. The number of carbonyl (C=O) groups excluding carboxylic acids is 2. The van der Waals surface area contributed by atoms with Crippen molar-refractivity contribution in [1.29, 1.82) is 0 Å². The molecule has 37 heavy (non-hydrogen) atoms. The molecule has 0 saturated carbocycles. The molecule has 0 heterocycles. The molecule has 2 N–H and O–H groups in total. The quantitative estimate of drug-likeness (QED) is 0.229. The number of amides is 2. The normalized spacial score (nSPS) is 12.9. The van der Waals surface area contributed by atoms with Gasteiger partial charge in [0.2, 0.25) is 0 Å². The van der Waals surface area contributed by atoms with Gasteiger partial charge < -0.3 is 14.8 Å². The average molecular weight is 544 g/mol. The van der Waals surface area contributed by atoms with Crippen molar-refractivity contribution in [1.82, 2.24) is 10.7 Å². The number of rotatable bonds is 11. The highest BCUT2D eigenvalue weighted by molar-refractivity contribution is 6.35. The molecule has 0 aliphatic rings. The van der Waals surface area contributed by atoms with Crippen LogP contribution in [0.2, 0.25) is 10.0 Å². The summed E-state index contributed by atoms with van der Waals surface area (Å²) < 4.78 is 11.4. The zero-order chi connectivity index (χ0) is 26.9. The maximum atomic E-state index is 12.9. The van der Waals surface area contributed by atoms with Crippen molar-refractivity contribution in [2.45, 2.75) is 46.3 Å². The molecule has 0 aliphatic heterocycles. The van der Waals surface area contributed by atoms with E-state index < -0.39 is 24.0 Å². The maximum Gasteiger partial charge on any atom is 0.262 e. The summed E-state index contributed by atoms with van der Waals surface area (Å²) in [5.41, 5.74) is 3.38. The summed E-state index contributed by atoms with van der Waals surface area (Å²) in [7, 11) is 0. The fourth-order valence-electron chi connectivity index (χ4n) is 3.74. The lowest BCUT2D eigenvalue weighted by atomic mass is 10.0. The first kappa shape index (κ1) is 28.3. The van der Waals surface area contributed by atoms with E-state index in [1.807, 2.05) is 57.2 Å². The molecule has 3 aromatic carbocycles. The summed E-state index contributed by atoms with van der Waals surface area (Å²) >= 11 is 12.1. The predicted octanol–water partition coefficient (Wildman–Crippen LogP) is 5.99. The van der Waals surface area contributed by atoms with Crippen molar-refractivity contribution >= 4 is 52.0 Å². The van der Waals surface area contributed by atoms with Crippen LogP contribution in [-0.2, 0) is 9.59 Å². The van der Waals surface area contributed by atoms with Gasteiger partial charge in [0.15, 0.2) is 6.10 Å². The van der Waals surface area contributed by atoms with Crippen molar-refractivity contribution in [2.75, 3.05) is 6.61 Å². The minimum absolute atomic E-state index is 0.150. The van der Waals surface area contributed by atoms with E-state index in [0.717, 1.165) is 22.1 Å². The third kappa shape index (κ3) is 7.84. The fourth-order valence-corrected chi connectivity index (χ4v) is 4.19. The number of nitrogens with zero attached hydrogens (tertiary/aromatic N) is 1. The first-order valence-electron chi connectivity index (χ1n) is 12.1. The number of benzene rings is 3. The van der Waals surface area contributed by atoms with E-state index in [-0.39, 0.29) is 5.92 Å². The molecule has 0 saturated heterocycles. The lowest BCUT2D eigenvalue weighted by Gasteiger charge is -2.22. The lowest BCUT2D eigenvalue weighted by molar-refractivity contribution is -0.132. The van der Waals surface area contributed by atoms with Crippen LogP contribution < -0.4 is 20.2 Å².